The summed E-state index contributed by atoms with van der Waals surface area (Å²) in [5, 5.41) is 3.07. The summed E-state index contributed by atoms with van der Waals surface area (Å²) in [5.41, 5.74) is 2.14. The molecule has 1 N–H and O–H groups in total. The van der Waals surface area contributed by atoms with Gasteiger partial charge in [0.1, 0.15) is 0 Å². The number of carbonyl (C=O) groups is 1. The molecule has 2 heterocycles. The highest BCUT2D eigenvalue weighted by Gasteiger charge is 2.19. The molecule has 3 rings (SSSR count). The van der Waals surface area contributed by atoms with Crippen LogP contribution < -0.4 is 10.2 Å². The van der Waals surface area contributed by atoms with E-state index in [0.717, 1.165) is 51.5 Å². The van der Waals surface area contributed by atoms with Crippen LogP contribution in [0.5, 0.6) is 0 Å². The van der Waals surface area contributed by atoms with Crippen molar-refractivity contribution in [2.45, 2.75) is 39.2 Å². The SMILES string of the molecule is CC(C)N1CCN(CCC(=O)Nc2cccc(N3CCCC3)c2)CC1. The van der Waals surface area contributed by atoms with Gasteiger partial charge < -0.3 is 15.1 Å². The van der Waals surface area contributed by atoms with Crippen LogP contribution in [0.25, 0.3) is 0 Å². The number of nitrogens with zero attached hydrogens (tertiary/aromatic N) is 3. The molecule has 2 saturated heterocycles. The number of hydrogen-bond donors (Lipinski definition) is 1. The van der Waals surface area contributed by atoms with E-state index in [0.29, 0.717) is 12.5 Å². The monoisotopic (exact) mass is 344 g/mol. The van der Waals surface area contributed by atoms with E-state index < -0.39 is 0 Å². The van der Waals surface area contributed by atoms with Crippen LogP contribution in [0.4, 0.5) is 11.4 Å². The Morgan fingerprint density at radius 1 is 1.08 bits per heavy atom. The number of hydrogen-bond acceptors (Lipinski definition) is 4. The van der Waals surface area contributed by atoms with E-state index in [1.54, 1.807) is 0 Å². The van der Waals surface area contributed by atoms with Gasteiger partial charge in [-0.1, -0.05) is 6.07 Å². The average Bonchev–Trinajstić information content (AvgIpc) is 3.15. The molecule has 0 bridgehead atoms. The van der Waals surface area contributed by atoms with Crippen LogP contribution in [0.1, 0.15) is 33.1 Å². The summed E-state index contributed by atoms with van der Waals surface area (Å²) >= 11 is 0. The normalized spacial score (nSPS) is 19.6. The fourth-order valence-corrected chi connectivity index (χ4v) is 3.74. The van der Waals surface area contributed by atoms with Crippen molar-refractivity contribution in [3.63, 3.8) is 0 Å². The highest BCUT2D eigenvalue weighted by molar-refractivity contribution is 5.91. The molecule has 2 aliphatic rings. The minimum atomic E-state index is 0.116. The highest BCUT2D eigenvalue weighted by atomic mass is 16.1. The van der Waals surface area contributed by atoms with Crippen molar-refractivity contribution in [3.8, 4) is 0 Å². The Balaban J connectivity index is 1.43. The molecule has 2 fully saturated rings. The first-order valence-electron chi connectivity index (χ1n) is 9.73. The van der Waals surface area contributed by atoms with E-state index in [1.807, 2.05) is 12.1 Å². The van der Waals surface area contributed by atoms with E-state index in [1.165, 1.54) is 18.5 Å². The molecule has 0 atom stereocenters. The summed E-state index contributed by atoms with van der Waals surface area (Å²) in [4.78, 5) is 19.6. The molecular formula is C20H32N4O. The number of anilines is 2. The first-order chi connectivity index (χ1) is 12.1. The van der Waals surface area contributed by atoms with Crippen molar-refractivity contribution in [2.24, 2.45) is 0 Å². The lowest BCUT2D eigenvalue weighted by atomic mass is 10.2. The second-order valence-electron chi connectivity index (χ2n) is 7.51. The van der Waals surface area contributed by atoms with Crippen molar-refractivity contribution in [3.05, 3.63) is 24.3 Å². The first kappa shape index (κ1) is 18.2. The van der Waals surface area contributed by atoms with Crippen molar-refractivity contribution in [1.82, 2.24) is 9.80 Å². The second-order valence-corrected chi connectivity index (χ2v) is 7.51. The Kier molecular flexibility index (Phi) is 6.32. The van der Waals surface area contributed by atoms with E-state index in [2.05, 4.69) is 46.0 Å². The maximum Gasteiger partial charge on any atom is 0.225 e. The molecule has 0 spiro atoms. The topological polar surface area (TPSA) is 38.8 Å². The van der Waals surface area contributed by atoms with Crippen molar-refractivity contribution in [1.29, 1.82) is 0 Å². The quantitative estimate of drug-likeness (QED) is 0.861. The Labute approximate surface area is 152 Å². The maximum absolute atomic E-state index is 12.3. The molecule has 1 aromatic carbocycles. The van der Waals surface area contributed by atoms with Gasteiger partial charge in [-0.2, -0.15) is 0 Å². The summed E-state index contributed by atoms with van der Waals surface area (Å²) in [6.45, 7) is 11.9. The molecule has 0 radical (unpaired) electrons. The van der Waals surface area contributed by atoms with Crippen LogP contribution in [-0.4, -0.2) is 67.6 Å². The van der Waals surface area contributed by atoms with Crippen LogP contribution in [0.2, 0.25) is 0 Å². The second kappa shape index (κ2) is 8.68. The average molecular weight is 345 g/mol. The zero-order valence-electron chi connectivity index (χ0n) is 15.7. The molecule has 0 aliphatic carbocycles. The van der Waals surface area contributed by atoms with Gasteiger partial charge in [-0.3, -0.25) is 9.69 Å². The maximum atomic E-state index is 12.3. The van der Waals surface area contributed by atoms with Crippen molar-refractivity contribution >= 4 is 17.3 Å². The fourth-order valence-electron chi connectivity index (χ4n) is 3.74. The first-order valence-corrected chi connectivity index (χ1v) is 9.73. The van der Waals surface area contributed by atoms with E-state index in [4.69, 9.17) is 0 Å². The minimum Gasteiger partial charge on any atom is -0.371 e. The predicted molar refractivity (Wildman–Crippen MR) is 104 cm³/mol. The summed E-state index contributed by atoms with van der Waals surface area (Å²) in [6.07, 6.45) is 3.09. The van der Waals surface area contributed by atoms with Crippen LogP contribution in [0.15, 0.2) is 24.3 Å². The Hall–Kier alpha value is -1.59. The zero-order chi connectivity index (χ0) is 17.6. The molecule has 1 aromatic rings. The van der Waals surface area contributed by atoms with Gasteiger partial charge in [0, 0.05) is 69.7 Å². The molecule has 5 heteroatoms. The fraction of sp³-hybridized carbons (Fsp3) is 0.650. The van der Waals surface area contributed by atoms with E-state index >= 15 is 0 Å². The third kappa shape index (κ3) is 5.19. The predicted octanol–water partition coefficient (Wildman–Crippen LogP) is 2.64. The lowest BCUT2D eigenvalue weighted by Gasteiger charge is -2.36. The van der Waals surface area contributed by atoms with Gasteiger partial charge >= 0.3 is 0 Å². The summed E-state index contributed by atoms with van der Waals surface area (Å²) in [6, 6.07) is 8.88. The molecule has 1 amide bonds. The van der Waals surface area contributed by atoms with Crippen LogP contribution >= 0.6 is 0 Å². The number of amides is 1. The lowest BCUT2D eigenvalue weighted by Crippen LogP contribution is -2.49. The Bertz CT molecular complexity index is 561. The van der Waals surface area contributed by atoms with Gasteiger partial charge in [-0.05, 0) is 44.9 Å². The minimum absolute atomic E-state index is 0.116. The third-order valence-corrected chi connectivity index (χ3v) is 5.39. The largest absolute Gasteiger partial charge is 0.371 e. The molecule has 0 aromatic heterocycles. The molecule has 138 valence electrons. The van der Waals surface area contributed by atoms with Gasteiger partial charge in [0.05, 0.1) is 0 Å². The Morgan fingerprint density at radius 3 is 2.48 bits per heavy atom. The summed E-state index contributed by atoms with van der Waals surface area (Å²) in [5.74, 6) is 0.116. The van der Waals surface area contributed by atoms with Gasteiger partial charge in [-0.25, -0.2) is 0 Å². The Morgan fingerprint density at radius 2 is 1.80 bits per heavy atom. The number of nitrogens with one attached hydrogen (secondary N) is 1. The van der Waals surface area contributed by atoms with Gasteiger partial charge in [-0.15, -0.1) is 0 Å². The van der Waals surface area contributed by atoms with E-state index in [-0.39, 0.29) is 5.91 Å². The van der Waals surface area contributed by atoms with Crippen molar-refractivity contribution < 1.29 is 4.79 Å². The molecule has 5 nitrogen and oxygen atoms in total. The standard InChI is InChI=1S/C20H32N4O/c1-17(2)23-14-12-22(13-15-23)11-8-20(25)21-18-6-5-7-19(16-18)24-9-3-4-10-24/h5-7,16-17H,3-4,8-15H2,1-2H3,(H,21,25). The number of rotatable bonds is 6. The summed E-state index contributed by atoms with van der Waals surface area (Å²) < 4.78 is 0. The van der Waals surface area contributed by atoms with Crippen LogP contribution in [0, 0.1) is 0 Å². The molecule has 2 aliphatic heterocycles. The van der Waals surface area contributed by atoms with Gasteiger partial charge in [0.15, 0.2) is 0 Å². The molecular weight excluding hydrogens is 312 g/mol. The number of piperazine rings is 1. The molecule has 25 heavy (non-hydrogen) atoms. The number of carbonyl (C=O) groups excluding carboxylic acids is 1. The third-order valence-electron chi connectivity index (χ3n) is 5.39. The molecule has 0 saturated carbocycles. The van der Waals surface area contributed by atoms with Crippen molar-refractivity contribution in [2.75, 3.05) is 56.0 Å². The summed E-state index contributed by atoms with van der Waals surface area (Å²) in [7, 11) is 0. The lowest BCUT2D eigenvalue weighted by molar-refractivity contribution is -0.116. The smallest absolute Gasteiger partial charge is 0.225 e. The van der Waals surface area contributed by atoms with Crippen LogP contribution in [-0.2, 0) is 4.79 Å². The van der Waals surface area contributed by atoms with Gasteiger partial charge in [0.2, 0.25) is 5.91 Å². The zero-order valence-corrected chi connectivity index (χ0v) is 15.7. The molecule has 0 unspecified atom stereocenters. The van der Waals surface area contributed by atoms with E-state index in [9.17, 15) is 4.79 Å². The number of benzene rings is 1. The highest BCUT2D eigenvalue weighted by Crippen LogP contribution is 2.23. The van der Waals surface area contributed by atoms with Crippen LogP contribution in [0.3, 0.4) is 0 Å². The van der Waals surface area contributed by atoms with Gasteiger partial charge in [0.25, 0.3) is 0 Å².